The number of aliphatic hydroxyl groups excluding tert-OH is 1. The second-order valence-electron chi connectivity index (χ2n) is 14.5. The number of carbonyl (C=O) groups is 1. The molecule has 0 bridgehead atoms. The third-order valence-corrected chi connectivity index (χ3v) is 10.3. The molecule has 0 aromatic rings. The topological polar surface area (TPSA) is 168 Å². The lowest BCUT2D eigenvalue weighted by molar-refractivity contribution is -0.328. The van der Waals surface area contributed by atoms with Gasteiger partial charge >= 0.3 is 5.97 Å². The van der Waals surface area contributed by atoms with Crippen molar-refractivity contribution >= 4 is 5.97 Å². The molecule has 45 heavy (non-hydrogen) atoms. The molecule has 0 spiro atoms. The van der Waals surface area contributed by atoms with Crippen molar-refractivity contribution in [1.29, 1.82) is 0 Å². The number of ether oxygens (including phenoxy) is 5. The van der Waals surface area contributed by atoms with E-state index in [4.69, 9.17) is 23.7 Å². The van der Waals surface area contributed by atoms with Crippen molar-refractivity contribution in [2.75, 3.05) is 40.5 Å². The summed E-state index contributed by atoms with van der Waals surface area (Å²) in [5, 5.41) is 52.4. The molecule has 266 valence electrons. The van der Waals surface area contributed by atoms with Gasteiger partial charge in [0.1, 0.15) is 22.9 Å². The van der Waals surface area contributed by atoms with Gasteiger partial charge in [0, 0.05) is 46.3 Å². The van der Waals surface area contributed by atoms with Gasteiger partial charge in [0.15, 0.2) is 6.29 Å². The minimum absolute atomic E-state index is 0.0892. The Balaban J connectivity index is 2.42. The maximum absolute atomic E-state index is 13.7. The molecular weight excluding hydrogens is 584 g/mol. The van der Waals surface area contributed by atoms with Crippen LogP contribution in [0, 0.1) is 17.8 Å². The summed E-state index contributed by atoms with van der Waals surface area (Å²) < 4.78 is 29.8. The summed E-state index contributed by atoms with van der Waals surface area (Å²) in [6.45, 7) is 17.7. The smallest absolute Gasteiger partial charge is 0.311 e. The summed E-state index contributed by atoms with van der Waals surface area (Å²) in [5.41, 5.74) is -5.26. The average Bonchev–Trinajstić information content (AvgIpc) is 2.96. The Morgan fingerprint density at radius 3 is 2.22 bits per heavy atom. The van der Waals surface area contributed by atoms with Gasteiger partial charge in [-0.05, 0) is 72.6 Å². The summed E-state index contributed by atoms with van der Waals surface area (Å²) >= 11 is 0. The molecule has 12 heteroatoms. The number of methoxy groups -OCH3 is 2. The van der Waals surface area contributed by atoms with E-state index >= 15 is 0 Å². The molecule has 6 N–H and O–H groups in total. The van der Waals surface area contributed by atoms with Gasteiger partial charge in [-0.15, -0.1) is 0 Å². The van der Waals surface area contributed by atoms with Gasteiger partial charge in [0.2, 0.25) is 0 Å². The van der Waals surface area contributed by atoms with Crippen molar-refractivity contribution in [3.8, 4) is 0 Å². The van der Waals surface area contributed by atoms with Crippen LogP contribution in [-0.4, -0.2) is 126 Å². The van der Waals surface area contributed by atoms with Gasteiger partial charge in [-0.1, -0.05) is 20.8 Å². The van der Waals surface area contributed by atoms with E-state index in [0.717, 1.165) is 0 Å². The number of carbonyl (C=O) groups excluding carboxylic acids is 1. The largest absolute Gasteiger partial charge is 0.459 e. The van der Waals surface area contributed by atoms with E-state index in [1.54, 1.807) is 41.9 Å². The molecule has 13 atom stereocenters. The van der Waals surface area contributed by atoms with E-state index in [1.165, 1.54) is 6.92 Å². The van der Waals surface area contributed by atoms with Crippen molar-refractivity contribution in [1.82, 2.24) is 10.6 Å². The molecule has 2 aliphatic rings. The molecule has 0 aromatic heterocycles. The molecule has 0 radical (unpaired) electrons. The van der Waals surface area contributed by atoms with Crippen molar-refractivity contribution < 1.29 is 48.9 Å². The van der Waals surface area contributed by atoms with E-state index in [-0.39, 0.29) is 30.8 Å². The van der Waals surface area contributed by atoms with Gasteiger partial charge in [-0.25, -0.2) is 0 Å². The fourth-order valence-electron chi connectivity index (χ4n) is 7.24. The summed E-state index contributed by atoms with van der Waals surface area (Å²) in [4.78, 5) is 13.7. The van der Waals surface area contributed by atoms with Crippen molar-refractivity contribution in [3.05, 3.63) is 0 Å². The monoisotopic (exact) mass is 648 g/mol. The molecular formula is C33H64N2O10. The lowest BCUT2D eigenvalue weighted by Gasteiger charge is -2.53. The van der Waals surface area contributed by atoms with Crippen molar-refractivity contribution in [3.63, 3.8) is 0 Å². The second-order valence-corrected chi connectivity index (χ2v) is 14.5. The maximum Gasteiger partial charge on any atom is 0.311 e. The minimum Gasteiger partial charge on any atom is -0.459 e. The molecule has 2 heterocycles. The Morgan fingerprint density at radius 2 is 1.64 bits per heavy atom. The Bertz CT molecular complexity index is 922. The third-order valence-electron chi connectivity index (χ3n) is 10.3. The summed E-state index contributed by atoms with van der Waals surface area (Å²) in [7, 11) is 3.15. The lowest BCUT2D eigenvalue weighted by atomic mass is 9.75. The molecule has 12 nitrogen and oxygen atoms in total. The standard InChI is InChI=1S/C33H64N2O10/c1-12-25-32(9,39)28(36)21(3)18-35-22(4)16-30(7,38)15-20(2)27(23(5)29(37)44-25)45-26-17-31(8,42-11)33(40,24(6)43-26)19-34-13-14-41-10/h20-28,34-36,38-40H,12-19H2,1-11H3/t20-,21+,22+,23+,24-,25-,26?,27+,28-,30-,31+,32+,33-/m0/s1. The van der Waals surface area contributed by atoms with E-state index in [0.29, 0.717) is 39.0 Å². The van der Waals surface area contributed by atoms with Crippen molar-refractivity contribution in [2.24, 2.45) is 17.8 Å². The molecule has 2 aliphatic heterocycles. The maximum atomic E-state index is 13.7. The molecule has 2 saturated heterocycles. The van der Waals surface area contributed by atoms with Gasteiger partial charge in [0.05, 0.1) is 36.4 Å². The van der Waals surface area contributed by atoms with E-state index in [2.05, 4.69) is 10.6 Å². The third kappa shape index (κ3) is 9.81. The first-order valence-corrected chi connectivity index (χ1v) is 16.6. The molecule has 0 amide bonds. The zero-order valence-corrected chi connectivity index (χ0v) is 29.6. The molecule has 0 aliphatic carbocycles. The number of esters is 1. The van der Waals surface area contributed by atoms with Crippen LogP contribution < -0.4 is 10.6 Å². The van der Waals surface area contributed by atoms with Crippen LogP contribution in [0.15, 0.2) is 0 Å². The summed E-state index contributed by atoms with van der Waals surface area (Å²) in [6.07, 6.45) is -3.22. The second kappa shape index (κ2) is 16.5. The predicted octanol–water partition coefficient (Wildman–Crippen LogP) is 1.74. The van der Waals surface area contributed by atoms with Crippen molar-refractivity contribution in [2.45, 2.75) is 147 Å². The fraction of sp³-hybridized carbons (Fsp3) is 0.970. The molecule has 2 rings (SSSR count). The first-order valence-electron chi connectivity index (χ1n) is 16.6. The van der Waals surface area contributed by atoms with E-state index in [9.17, 15) is 25.2 Å². The SMILES string of the molecule is CC[C@@H]1OC(=O)[C@H](C)[C@H](OC2C[C@@](C)(OC)[C@](O)(CNCCOC)[C@H](C)O2)[C@@H](C)C[C@](C)(O)C[C@@H](C)NC[C@@H](C)[C@H](O)[C@]1(C)O. The molecule has 1 unspecified atom stereocenters. The Labute approximate surface area is 270 Å². The Morgan fingerprint density at radius 1 is 1.00 bits per heavy atom. The highest BCUT2D eigenvalue weighted by Gasteiger charge is 2.57. The number of hydrogen-bond acceptors (Lipinski definition) is 12. The summed E-state index contributed by atoms with van der Waals surface area (Å²) in [6, 6.07) is -0.0892. The number of cyclic esters (lactones) is 1. The highest BCUT2D eigenvalue weighted by molar-refractivity contribution is 5.73. The zero-order chi connectivity index (χ0) is 34.4. The number of nitrogens with one attached hydrogen (secondary N) is 2. The van der Waals surface area contributed by atoms with Gasteiger partial charge in [-0.3, -0.25) is 4.79 Å². The lowest BCUT2D eigenvalue weighted by Crippen LogP contribution is -2.70. The van der Waals surface area contributed by atoms with Crippen LogP contribution in [0.3, 0.4) is 0 Å². The highest BCUT2D eigenvalue weighted by Crippen LogP contribution is 2.42. The highest BCUT2D eigenvalue weighted by atomic mass is 16.7. The van der Waals surface area contributed by atoms with Gasteiger partial charge < -0.3 is 54.7 Å². The predicted molar refractivity (Wildman–Crippen MR) is 171 cm³/mol. The quantitative estimate of drug-likeness (QED) is 0.159. The minimum atomic E-state index is -1.70. The van der Waals surface area contributed by atoms with Crippen LogP contribution in [0.25, 0.3) is 0 Å². The van der Waals surface area contributed by atoms with Crippen LogP contribution in [0.1, 0.15) is 88.0 Å². The van der Waals surface area contributed by atoms with Gasteiger partial charge in [0.25, 0.3) is 0 Å². The summed E-state index contributed by atoms with van der Waals surface area (Å²) in [5.74, 6) is -2.08. The zero-order valence-electron chi connectivity index (χ0n) is 29.6. The van der Waals surface area contributed by atoms with Crippen LogP contribution in [0.5, 0.6) is 0 Å². The van der Waals surface area contributed by atoms with Crippen LogP contribution in [0.2, 0.25) is 0 Å². The number of aliphatic hydroxyl groups is 4. The normalized spacial score (nSPS) is 46.2. The van der Waals surface area contributed by atoms with E-state index < -0.39 is 65.0 Å². The first-order chi connectivity index (χ1) is 20.8. The van der Waals surface area contributed by atoms with Crippen LogP contribution in [-0.2, 0) is 28.5 Å². The van der Waals surface area contributed by atoms with Crippen LogP contribution in [0.4, 0.5) is 0 Å². The number of hydrogen-bond donors (Lipinski definition) is 6. The van der Waals surface area contributed by atoms with Crippen LogP contribution >= 0.6 is 0 Å². The average molecular weight is 649 g/mol. The van der Waals surface area contributed by atoms with Gasteiger partial charge in [-0.2, -0.15) is 0 Å². The first kappa shape index (κ1) is 40.2. The molecule has 0 aromatic carbocycles. The van der Waals surface area contributed by atoms with E-state index in [1.807, 2.05) is 27.7 Å². The number of rotatable bonds is 9. The molecule has 2 fully saturated rings. The fourth-order valence-corrected chi connectivity index (χ4v) is 7.24. The molecule has 0 saturated carbocycles. The Hall–Kier alpha value is -0.930. The Kier molecular flexibility index (Phi) is 14.7.